The first-order valence-electron chi connectivity index (χ1n) is 11.6. The topological polar surface area (TPSA) is 18.5 Å². The fourth-order valence-corrected chi connectivity index (χ4v) is 4.91. The summed E-state index contributed by atoms with van der Waals surface area (Å²) in [6, 6.07) is 7.67. The van der Waals surface area contributed by atoms with Crippen molar-refractivity contribution in [2.24, 2.45) is 5.41 Å². The van der Waals surface area contributed by atoms with Crippen LogP contribution in [-0.4, -0.2) is 27.1 Å². The number of hydrogen-bond donors (Lipinski definition) is 0. The van der Waals surface area contributed by atoms with Gasteiger partial charge in [0.1, 0.15) is 7.28 Å². The number of rotatable bonds is 10. The molecule has 0 bridgehead atoms. The van der Waals surface area contributed by atoms with Gasteiger partial charge in [-0.15, -0.1) is 0 Å². The van der Waals surface area contributed by atoms with Crippen molar-refractivity contribution in [3.8, 4) is 0 Å². The molecule has 0 N–H and O–H groups in total. The first-order chi connectivity index (χ1) is 15.9. The highest BCUT2D eigenvalue weighted by Crippen LogP contribution is 2.38. The van der Waals surface area contributed by atoms with Crippen LogP contribution in [0.1, 0.15) is 63.3 Å². The van der Waals surface area contributed by atoms with E-state index in [4.69, 9.17) is 9.47 Å². The van der Waals surface area contributed by atoms with Crippen LogP contribution in [0.15, 0.2) is 30.8 Å². The van der Waals surface area contributed by atoms with Crippen molar-refractivity contribution in [1.82, 2.24) is 0 Å². The lowest BCUT2D eigenvalue weighted by Gasteiger charge is -2.40. The van der Waals surface area contributed by atoms with Crippen LogP contribution in [0.25, 0.3) is 6.08 Å². The molecule has 0 atom stereocenters. The maximum absolute atomic E-state index is 15.2. The third-order valence-electron chi connectivity index (χ3n) is 7.06. The molecular weight excluding hydrogens is 443 g/mol. The molecule has 1 aliphatic heterocycles. The molecule has 0 amide bonds. The van der Waals surface area contributed by atoms with Gasteiger partial charge in [-0.3, -0.25) is 0 Å². The first-order valence-corrected chi connectivity index (χ1v) is 11.6. The van der Waals surface area contributed by atoms with Crippen LogP contribution in [0.4, 0.5) is 17.6 Å². The molecule has 0 unspecified atom stereocenters. The Hall–Kier alpha value is -2.12. The van der Waals surface area contributed by atoms with Crippen LogP contribution >= 0.6 is 0 Å². The summed E-state index contributed by atoms with van der Waals surface area (Å²) in [5.74, 6) is -5.52. The Morgan fingerprint density at radius 1 is 0.971 bits per heavy atom. The molecule has 34 heavy (non-hydrogen) atoms. The average Bonchev–Trinajstić information content (AvgIpc) is 2.75. The highest BCUT2D eigenvalue weighted by molar-refractivity contribution is 6.44. The normalized spacial score (nSPS) is 15.7. The smallest absolute Gasteiger partial charge is 0.167 e. The van der Waals surface area contributed by atoms with Crippen molar-refractivity contribution in [3.05, 3.63) is 76.4 Å². The Morgan fingerprint density at radius 2 is 1.53 bits per heavy atom. The lowest BCUT2D eigenvalue weighted by molar-refractivity contribution is -0.152. The minimum atomic E-state index is -1.40. The van der Waals surface area contributed by atoms with Crippen LogP contribution in [0, 0.1) is 28.7 Å². The van der Waals surface area contributed by atoms with Gasteiger partial charge in [-0.05, 0) is 28.2 Å². The summed E-state index contributed by atoms with van der Waals surface area (Å²) in [7, 11) is 0.259. The van der Waals surface area contributed by atoms with Crippen molar-refractivity contribution in [1.29, 1.82) is 0 Å². The lowest BCUT2D eigenvalue weighted by Crippen LogP contribution is -2.45. The third-order valence-corrected chi connectivity index (χ3v) is 7.06. The molecule has 2 nitrogen and oxygen atoms in total. The highest BCUT2D eigenvalue weighted by atomic mass is 19.2. The summed E-state index contributed by atoms with van der Waals surface area (Å²) in [6.07, 6.45) is 2.50. The van der Waals surface area contributed by atoms with E-state index < -0.39 is 51.6 Å². The molecule has 184 valence electrons. The van der Waals surface area contributed by atoms with E-state index in [1.165, 1.54) is 0 Å². The second-order valence-electron chi connectivity index (χ2n) is 10.7. The predicted molar refractivity (Wildman–Crippen MR) is 129 cm³/mol. The van der Waals surface area contributed by atoms with Gasteiger partial charge in [-0.1, -0.05) is 71.5 Å². The molecule has 1 saturated heterocycles. The Bertz CT molecular complexity index is 1010. The van der Waals surface area contributed by atoms with Crippen LogP contribution < -0.4 is 0 Å². The summed E-state index contributed by atoms with van der Waals surface area (Å²) in [5, 5.41) is -1.71. The highest BCUT2D eigenvalue weighted by Gasteiger charge is 2.40. The largest absolute Gasteiger partial charge is 0.380 e. The van der Waals surface area contributed by atoms with E-state index in [1.807, 2.05) is 45.0 Å². The Kier molecular flexibility index (Phi) is 7.68. The van der Waals surface area contributed by atoms with Crippen LogP contribution in [0.3, 0.4) is 0 Å². The molecule has 0 spiro atoms. The second-order valence-corrected chi connectivity index (χ2v) is 10.7. The molecule has 2 aromatic carbocycles. The number of halogens is 4. The molecule has 1 heterocycles. The monoisotopic (exact) mass is 476 g/mol. The van der Waals surface area contributed by atoms with Gasteiger partial charge in [0.15, 0.2) is 23.3 Å². The molecule has 1 fully saturated rings. The number of benzene rings is 2. The van der Waals surface area contributed by atoms with Gasteiger partial charge in [-0.2, -0.15) is 0 Å². The van der Waals surface area contributed by atoms with Gasteiger partial charge in [0.2, 0.25) is 0 Å². The maximum Gasteiger partial charge on any atom is 0.167 e. The van der Waals surface area contributed by atoms with E-state index >= 15 is 8.78 Å². The molecule has 0 saturated carbocycles. The Morgan fingerprint density at radius 3 is 1.97 bits per heavy atom. The summed E-state index contributed by atoms with van der Waals surface area (Å²) < 4.78 is 71.0. The van der Waals surface area contributed by atoms with Gasteiger partial charge in [0, 0.05) is 11.0 Å². The Labute approximate surface area is 200 Å². The zero-order chi connectivity index (χ0) is 25.3. The minimum Gasteiger partial charge on any atom is -0.380 e. The summed E-state index contributed by atoms with van der Waals surface area (Å²) in [5.41, 5.74) is 0.386. The second kappa shape index (κ2) is 9.86. The molecule has 3 rings (SSSR count). The van der Waals surface area contributed by atoms with Crippen molar-refractivity contribution in [2.45, 2.75) is 58.3 Å². The van der Waals surface area contributed by atoms with Crippen molar-refractivity contribution >= 4 is 13.4 Å². The molecule has 0 radical (unpaired) electrons. The van der Waals surface area contributed by atoms with Crippen LogP contribution in [0.2, 0.25) is 0 Å². The summed E-state index contributed by atoms with van der Waals surface area (Å²) in [4.78, 5) is 0. The van der Waals surface area contributed by atoms with Gasteiger partial charge in [0.05, 0.1) is 32.0 Å². The fraction of sp³-hybridized carbons (Fsp3) is 0.481. The van der Waals surface area contributed by atoms with E-state index in [0.717, 1.165) is 17.5 Å². The minimum absolute atomic E-state index is 0.206. The van der Waals surface area contributed by atoms with Crippen LogP contribution in [0.5, 0.6) is 0 Å². The van der Waals surface area contributed by atoms with Crippen molar-refractivity contribution in [2.75, 3.05) is 19.8 Å². The molecule has 1 aliphatic rings. The molecule has 7 heteroatoms. The Balaban J connectivity index is 1.86. The number of ether oxygens (including phenoxy) is 2. The molecule has 0 aromatic heterocycles. The molecular formula is C27H33BF4O2. The lowest BCUT2D eigenvalue weighted by atomic mass is 9.37. The van der Waals surface area contributed by atoms with Crippen molar-refractivity contribution in [3.63, 3.8) is 0 Å². The summed E-state index contributed by atoms with van der Waals surface area (Å²) in [6.45, 7) is 13.4. The SMILES string of the molecule is C=Cc1ccc(C(C)(C)BC(C)(C)c2c(F)c(F)c(COCC3(CC)COC3)c(F)c2F)cc1. The van der Waals surface area contributed by atoms with Gasteiger partial charge >= 0.3 is 0 Å². The molecule has 2 aromatic rings. The quantitative estimate of drug-likeness (QED) is 0.223. The average molecular weight is 476 g/mol. The maximum atomic E-state index is 15.2. The van der Waals surface area contributed by atoms with Crippen LogP contribution in [-0.2, 0) is 26.7 Å². The predicted octanol–water partition coefficient (Wildman–Crippen LogP) is 6.44. The zero-order valence-corrected chi connectivity index (χ0v) is 20.7. The van der Waals surface area contributed by atoms with Gasteiger partial charge < -0.3 is 9.47 Å². The third kappa shape index (κ3) is 5.11. The first kappa shape index (κ1) is 26.5. The fourth-order valence-electron chi connectivity index (χ4n) is 4.91. The van der Waals surface area contributed by atoms with E-state index in [1.54, 1.807) is 19.9 Å². The van der Waals surface area contributed by atoms with Gasteiger partial charge in [0.25, 0.3) is 0 Å². The van der Waals surface area contributed by atoms with E-state index in [-0.39, 0.29) is 19.3 Å². The standard InChI is InChI=1S/C27H33BF4O2/c1-7-17-9-11-18(12-10-17)25(3,4)28-26(5,6)20-23(31)21(29)19(22(30)24(20)32)13-33-14-27(8-2)15-34-16-27/h7,9-12,28H,1,8,13-16H2,2-6H3. The number of hydrogen-bond acceptors (Lipinski definition) is 2. The van der Waals surface area contributed by atoms with E-state index in [0.29, 0.717) is 13.2 Å². The van der Waals surface area contributed by atoms with E-state index in [2.05, 4.69) is 6.58 Å². The molecule has 0 aliphatic carbocycles. The zero-order valence-electron chi connectivity index (χ0n) is 20.7. The van der Waals surface area contributed by atoms with E-state index in [9.17, 15) is 8.78 Å². The van der Waals surface area contributed by atoms with Gasteiger partial charge in [-0.25, -0.2) is 17.6 Å². The van der Waals surface area contributed by atoms with Crippen molar-refractivity contribution < 1.29 is 27.0 Å². The summed E-state index contributed by atoms with van der Waals surface area (Å²) >= 11 is 0.